The summed E-state index contributed by atoms with van der Waals surface area (Å²) in [5, 5.41) is 5.02. The van der Waals surface area contributed by atoms with Gasteiger partial charge in [0.15, 0.2) is 0 Å². The fraction of sp³-hybridized carbons (Fsp3) is 0.107. The van der Waals surface area contributed by atoms with E-state index in [-0.39, 0.29) is 10.8 Å². The number of hydrogen-bond acceptors (Lipinski definition) is 1. The first kappa shape index (κ1) is 33.6. The summed E-state index contributed by atoms with van der Waals surface area (Å²) in [6.45, 7) is 9.42. The molecule has 0 heterocycles. The van der Waals surface area contributed by atoms with Crippen LogP contribution in [0.5, 0.6) is 0 Å². The molecule has 11 rings (SSSR count). The predicted molar refractivity (Wildman–Crippen MR) is 242 cm³/mol. The van der Waals surface area contributed by atoms with Crippen molar-refractivity contribution >= 4 is 38.6 Å². The molecule has 0 spiro atoms. The van der Waals surface area contributed by atoms with Gasteiger partial charge in [0.2, 0.25) is 0 Å². The third-order valence-electron chi connectivity index (χ3n) is 13.1. The van der Waals surface area contributed by atoms with Gasteiger partial charge in [0.1, 0.15) is 0 Å². The Balaban J connectivity index is 1.12. The second-order valence-electron chi connectivity index (χ2n) is 16.9. The Bertz CT molecular complexity index is 3090. The summed E-state index contributed by atoms with van der Waals surface area (Å²) in [4.78, 5) is 2.48. The number of para-hydroxylation sites is 1. The monoisotopic (exact) mass is 729 g/mol. The SMILES string of the molecule is CC1(C)c2ccccc2-c2cc(-c3cccc(N(c4ccc5c(ccc6ccccc65)c4)c4ccccc4-c4cccc5c4-c4ccccc4C5(C)C)c3)ccc21. The summed E-state index contributed by atoms with van der Waals surface area (Å²) in [5.74, 6) is 0. The highest BCUT2D eigenvalue weighted by atomic mass is 15.1. The largest absolute Gasteiger partial charge is 0.310 e. The van der Waals surface area contributed by atoms with Gasteiger partial charge >= 0.3 is 0 Å². The maximum Gasteiger partial charge on any atom is 0.0540 e. The predicted octanol–water partition coefficient (Wildman–Crippen LogP) is 15.4. The van der Waals surface area contributed by atoms with Crippen molar-refractivity contribution < 1.29 is 0 Å². The summed E-state index contributed by atoms with van der Waals surface area (Å²) in [5.41, 5.74) is 19.1. The molecular formula is C56H43N. The molecule has 0 saturated heterocycles. The van der Waals surface area contributed by atoms with Crippen LogP contribution in [-0.2, 0) is 10.8 Å². The highest BCUT2D eigenvalue weighted by Gasteiger charge is 2.37. The molecule has 57 heavy (non-hydrogen) atoms. The Morgan fingerprint density at radius 3 is 1.77 bits per heavy atom. The summed E-state index contributed by atoms with van der Waals surface area (Å²) in [6.07, 6.45) is 0. The van der Waals surface area contributed by atoms with Crippen LogP contribution in [0.25, 0.3) is 66.1 Å². The molecule has 1 heteroatoms. The van der Waals surface area contributed by atoms with E-state index in [1.807, 2.05) is 0 Å². The molecule has 9 aromatic rings. The van der Waals surface area contributed by atoms with Crippen LogP contribution in [0.3, 0.4) is 0 Å². The summed E-state index contributed by atoms with van der Waals surface area (Å²) in [6, 6.07) is 70.2. The van der Waals surface area contributed by atoms with Crippen LogP contribution >= 0.6 is 0 Å². The minimum Gasteiger partial charge on any atom is -0.310 e. The lowest BCUT2D eigenvalue weighted by atomic mass is 9.82. The molecule has 2 aliphatic carbocycles. The summed E-state index contributed by atoms with van der Waals surface area (Å²) >= 11 is 0. The van der Waals surface area contributed by atoms with Gasteiger partial charge in [-0.25, -0.2) is 0 Å². The van der Waals surface area contributed by atoms with E-state index in [1.165, 1.54) is 88.3 Å². The van der Waals surface area contributed by atoms with E-state index in [0.29, 0.717) is 0 Å². The molecule has 0 radical (unpaired) electrons. The van der Waals surface area contributed by atoms with E-state index in [0.717, 1.165) is 17.1 Å². The number of rotatable bonds is 5. The van der Waals surface area contributed by atoms with Crippen molar-refractivity contribution in [3.05, 3.63) is 210 Å². The number of nitrogens with zero attached hydrogens (tertiary/aromatic N) is 1. The van der Waals surface area contributed by atoms with Crippen molar-refractivity contribution in [3.63, 3.8) is 0 Å². The fourth-order valence-electron chi connectivity index (χ4n) is 10.2. The maximum atomic E-state index is 2.48. The maximum absolute atomic E-state index is 2.48. The van der Waals surface area contributed by atoms with Crippen molar-refractivity contribution in [2.75, 3.05) is 4.90 Å². The average molecular weight is 730 g/mol. The molecule has 9 aromatic carbocycles. The van der Waals surface area contributed by atoms with Gasteiger partial charge in [-0.1, -0.05) is 179 Å². The molecule has 0 amide bonds. The minimum atomic E-state index is -0.0857. The summed E-state index contributed by atoms with van der Waals surface area (Å²) in [7, 11) is 0. The van der Waals surface area contributed by atoms with Crippen molar-refractivity contribution in [1.29, 1.82) is 0 Å². The molecular weight excluding hydrogens is 687 g/mol. The third kappa shape index (κ3) is 5.02. The van der Waals surface area contributed by atoms with Crippen LogP contribution in [0.2, 0.25) is 0 Å². The van der Waals surface area contributed by atoms with E-state index >= 15 is 0 Å². The van der Waals surface area contributed by atoms with Crippen molar-refractivity contribution in [2.24, 2.45) is 0 Å². The molecule has 0 aromatic heterocycles. The second-order valence-corrected chi connectivity index (χ2v) is 16.9. The van der Waals surface area contributed by atoms with Crippen LogP contribution in [0.1, 0.15) is 49.9 Å². The topological polar surface area (TPSA) is 3.24 Å². The third-order valence-corrected chi connectivity index (χ3v) is 13.1. The lowest BCUT2D eigenvalue weighted by Crippen LogP contribution is -2.15. The van der Waals surface area contributed by atoms with Crippen LogP contribution in [0, 0.1) is 0 Å². The van der Waals surface area contributed by atoms with Gasteiger partial charge in [-0.3, -0.25) is 0 Å². The van der Waals surface area contributed by atoms with Gasteiger partial charge in [-0.15, -0.1) is 0 Å². The standard InChI is InChI=1S/C56H43N/c1-55(2)49-23-10-7-19-44(49)48-35-38(29-32-51(48)55)37-16-13-17-40(33-37)57(41-30-31-43-39(34-41)28-27-36-15-5-6-18-42(36)43)53-26-12-9-20-45(53)46-22-14-25-52-54(46)47-21-8-11-24-50(47)56(52,3)4/h5-35H,1-4H3. The smallest absolute Gasteiger partial charge is 0.0540 e. The van der Waals surface area contributed by atoms with Crippen molar-refractivity contribution in [1.82, 2.24) is 0 Å². The normalized spacial score (nSPS) is 14.2. The Morgan fingerprint density at radius 1 is 0.333 bits per heavy atom. The van der Waals surface area contributed by atoms with Gasteiger partial charge in [0, 0.05) is 27.8 Å². The van der Waals surface area contributed by atoms with Crippen LogP contribution in [0.4, 0.5) is 17.1 Å². The van der Waals surface area contributed by atoms with E-state index in [2.05, 4.69) is 221 Å². The number of benzene rings is 9. The Kier molecular flexibility index (Phi) is 7.32. The molecule has 0 unspecified atom stereocenters. The Morgan fingerprint density at radius 2 is 0.912 bits per heavy atom. The zero-order valence-corrected chi connectivity index (χ0v) is 32.8. The molecule has 0 fully saturated rings. The molecule has 1 nitrogen and oxygen atoms in total. The van der Waals surface area contributed by atoms with Crippen LogP contribution in [0.15, 0.2) is 188 Å². The van der Waals surface area contributed by atoms with Gasteiger partial charge in [0.25, 0.3) is 0 Å². The zero-order chi connectivity index (χ0) is 38.5. The lowest BCUT2D eigenvalue weighted by molar-refractivity contribution is 0.660. The van der Waals surface area contributed by atoms with E-state index in [1.54, 1.807) is 0 Å². The highest BCUT2D eigenvalue weighted by Crippen LogP contribution is 2.54. The number of anilines is 3. The average Bonchev–Trinajstić information content (AvgIpc) is 3.63. The Hall–Kier alpha value is -6.70. The molecule has 0 aliphatic heterocycles. The van der Waals surface area contributed by atoms with E-state index in [4.69, 9.17) is 0 Å². The van der Waals surface area contributed by atoms with Crippen molar-refractivity contribution in [2.45, 2.75) is 38.5 Å². The first-order valence-corrected chi connectivity index (χ1v) is 20.2. The quantitative estimate of drug-likeness (QED) is 0.159. The highest BCUT2D eigenvalue weighted by molar-refractivity contribution is 6.09. The van der Waals surface area contributed by atoms with E-state index < -0.39 is 0 Å². The van der Waals surface area contributed by atoms with Crippen molar-refractivity contribution in [3.8, 4) is 44.5 Å². The second kappa shape index (κ2) is 12.4. The Labute approximate surface area is 335 Å². The van der Waals surface area contributed by atoms with Gasteiger partial charge in [-0.2, -0.15) is 0 Å². The molecule has 0 saturated carbocycles. The van der Waals surface area contributed by atoms with Crippen LogP contribution < -0.4 is 4.90 Å². The molecule has 2 aliphatic rings. The van der Waals surface area contributed by atoms with Gasteiger partial charge < -0.3 is 4.90 Å². The number of fused-ring (bicyclic) bond motifs is 9. The first-order chi connectivity index (χ1) is 27.8. The first-order valence-electron chi connectivity index (χ1n) is 20.2. The number of hydrogen-bond donors (Lipinski definition) is 0. The lowest BCUT2D eigenvalue weighted by Gasteiger charge is -2.29. The summed E-state index contributed by atoms with van der Waals surface area (Å²) < 4.78 is 0. The molecule has 0 bridgehead atoms. The fourth-order valence-corrected chi connectivity index (χ4v) is 10.2. The minimum absolute atomic E-state index is 0.0262. The van der Waals surface area contributed by atoms with Crippen LogP contribution in [-0.4, -0.2) is 0 Å². The molecule has 0 N–H and O–H groups in total. The van der Waals surface area contributed by atoms with Gasteiger partial charge in [-0.05, 0) is 119 Å². The van der Waals surface area contributed by atoms with E-state index in [9.17, 15) is 0 Å². The van der Waals surface area contributed by atoms with Gasteiger partial charge in [0.05, 0.1) is 5.69 Å². The molecule has 0 atom stereocenters. The zero-order valence-electron chi connectivity index (χ0n) is 32.8. The molecule has 272 valence electrons.